The van der Waals surface area contributed by atoms with E-state index in [1.54, 1.807) is 24.3 Å². The molecule has 6 nitrogen and oxygen atoms in total. The first-order valence-corrected chi connectivity index (χ1v) is 11.3. The van der Waals surface area contributed by atoms with Crippen LogP contribution in [0.4, 0.5) is 0 Å². The standard InChI is InChI=1S/C21H28N2O4S/c1-3-27-19-10-11-20(18-9-5-4-8-17(18)19)28(25,26)22-13-12-21(24)23-14-6-7-16(2)15-23/h4-5,8-11,16,22H,3,6-7,12-15H2,1-2H3. The SMILES string of the molecule is CCOc1ccc(S(=O)(=O)NCCC(=O)N2CCCC(C)C2)c2ccccc12. The summed E-state index contributed by atoms with van der Waals surface area (Å²) in [5, 5.41) is 1.36. The van der Waals surface area contributed by atoms with E-state index >= 15 is 0 Å². The molecule has 1 saturated heterocycles. The van der Waals surface area contributed by atoms with Crippen molar-refractivity contribution in [3.05, 3.63) is 36.4 Å². The number of nitrogens with one attached hydrogen (secondary N) is 1. The normalized spacial score (nSPS) is 17.6. The molecule has 152 valence electrons. The molecular formula is C21H28N2O4S. The van der Waals surface area contributed by atoms with Crippen molar-refractivity contribution in [3.8, 4) is 5.75 Å². The fourth-order valence-electron chi connectivity index (χ4n) is 3.70. The zero-order valence-electron chi connectivity index (χ0n) is 16.5. The van der Waals surface area contributed by atoms with E-state index in [0.717, 1.165) is 31.3 Å². The average molecular weight is 405 g/mol. The number of nitrogens with zero attached hydrogens (tertiary/aromatic N) is 1. The number of sulfonamides is 1. The third-order valence-electron chi connectivity index (χ3n) is 5.07. The van der Waals surface area contributed by atoms with Gasteiger partial charge in [-0.2, -0.15) is 0 Å². The van der Waals surface area contributed by atoms with E-state index in [9.17, 15) is 13.2 Å². The summed E-state index contributed by atoms with van der Waals surface area (Å²) in [7, 11) is -3.73. The molecule has 0 saturated carbocycles. The van der Waals surface area contributed by atoms with Gasteiger partial charge in [0.25, 0.3) is 0 Å². The molecule has 0 bridgehead atoms. The topological polar surface area (TPSA) is 75.7 Å². The lowest BCUT2D eigenvalue weighted by Crippen LogP contribution is -2.40. The van der Waals surface area contributed by atoms with Gasteiger partial charge in [-0.1, -0.05) is 31.2 Å². The first kappa shape index (κ1) is 20.6. The van der Waals surface area contributed by atoms with Crippen molar-refractivity contribution >= 4 is 26.7 Å². The van der Waals surface area contributed by atoms with Gasteiger partial charge in [0.05, 0.1) is 11.5 Å². The van der Waals surface area contributed by atoms with Crippen molar-refractivity contribution in [3.63, 3.8) is 0 Å². The minimum absolute atomic E-state index is 0.00537. The highest BCUT2D eigenvalue weighted by Gasteiger charge is 2.22. The smallest absolute Gasteiger partial charge is 0.241 e. The number of ether oxygens (including phenoxy) is 1. The summed E-state index contributed by atoms with van der Waals surface area (Å²) in [6.07, 6.45) is 2.32. The summed E-state index contributed by atoms with van der Waals surface area (Å²) in [6.45, 7) is 6.15. The quantitative estimate of drug-likeness (QED) is 0.769. The maximum atomic E-state index is 12.8. The van der Waals surface area contributed by atoms with Crippen LogP contribution in [0, 0.1) is 5.92 Å². The molecule has 1 N–H and O–H groups in total. The molecule has 0 spiro atoms. The van der Waals surface area contributed by atoms with Crippen LogP contribution in [-0.4, -0.2) is 45.5 Å². The van der Waals surface area contributed by atoms with Crippen molar-refractivity contribution in [2.24, 2.45) is 5.92 Å². The summed E-state index contributed by atoms with van der Waals surface area (Å²) in [5.41, 5.74) is 0. The molecule has 1 aliphatic rings. The predicted octanol–water partition coefficient (Wildman–Crippen LogP) is 3.17. The highest BCUT2D eigenvalue weighted by molar-refractivity contribution is 7.89. The first-order valence-electron chi connectivity index (χ1n) is 9.84. The molecule has 1 atom stereocenters. The summed E-state index contributed by atoms with van der Waals surface area (Å²) in [4.78, 5) is 14.4. The van der Waals surface area contributed by atoms with Gasteiger partial charge < -0.3 is 9.64 Å². The molecule has 7 heteroatoms. The number of rotatable bonds is 7. The lowest BCUT2D eigenvalue weighted by Gasteiger charge is -2.31. The second-order valence-electron chi connectivity index (χ2n) is 7.28. The number of carbonyl (C=O) groups is 1. The number of piperidine rings is 1. The van der Waals surface area contributed by atoms with Crippen molar-refractivity contribution in [1.82, 2.24) is 9.62 Å². The first-order chi connectivity index (χ1) is 13.4. The Morgan fingerprint density at radius 1 is 1.21 bits per heavy atom. The Morgan fingerprint density at radius 3 is 2.68 bits per heavy atom. The van der Waals surface area contributed by atoms with Crippen LogP contribution in [0.2, 0.25) is 0 Å². The maximum Gasteiger partial charge on any atom is 0.241 e. The number of hydrogen-bond acceptors (Lipinski definition) is 4. The van der Waals surface area contributed by atoms with Crippen LogP contribution in [-0.2, 0) is 14.8 Å². The van der Waals surface area contributed by atoms with E-state index in [4.69, 9.17) is 4.74 Å². The van der Waals surface area contributed by atoms with Crippen molar-refractivity contribution < 1.29 is 17.9 Å². The maximum absolute atomic E-state index is 12.8. The van der Waals surface area contributed by atoms with Crippen molar-refractivity contribution in [1.29, 1.82) is 0 Å². The van der Waals surface area contributed by atoms with Crippen LogP contribution in [0.3, 0.4) is 0 Å². The molecule has 1 fully saturated rings. The Morgan fingerprint density at radius 2 is 1.96 bits per heavy atom. The molecule has 1 heterocycles. The second-order valence-corrected chi connectivity index (χ2v) is 9.01. The van der Waals surface area contributed by atoms with Crippen molar-refractivity contribution in [2.75, 3.05) is 26.2 Å². The minimum atomic E-state index is -3.73. The molecule has 1 unspecified atom stereocenters. The predicted molar refractivity (Wildman–Crippen MR) is 110 cm³/mol. The molecule has 2 aromatic rings. The fraction of sp³-hybridized carbons (Fsp3) is 0.476. The summed E-state index contributed by atoms with van der Waals surface area (Å²) >= 11 is 0. The molecule has 0 aliphatic carbocycles. The van der Waals surface area contributed by atoms with Gasteiger partial charge >= 0.3 is 0 Å². The van der Waals surface area contributed by atoms with Crippen LogP contribution in [0.5, 0.6) is 5.75 Å². The highest BCUT2D eigenvalue weighted by Crippen LogP contribution is 2.31. The summed E-state index contributed by atoms with van der Waals surface area (Å²) in [5.74, 6) is 1.17. The van der Waals surface area contributed by atoms with Gasteiger partial charge in [-0.25, -0.2) is 13.1 Å². The minimum Gasteiger partial charge on any atom is -0.493 e. The van der Waals surface area contributed by atoms with Gasteiger partial charge in [0, 0.05) is 36.8 Å². The molecule has 1 amide bonds. The monoisotopic (exact) mass is 404 g/mol. The van der Waals surface area contributed by atoms with Crippen LogP contribution in [0.1, 0.15) is 33.1 Å². The van der Waals surface area contributed by atoms with E-state index in [-0.39, 0.29) is 23.8 Å². The second kappa shape index (κ2) is 8.92. The van der Waals surface area contributed by atoms with Crippen LogP contribution < -0.4 is 9.46 Å². The lowest BCUT2D eigenvalue weighted by atomic mass is 10.0. The Labute approximate surface area is 166 Å². The molecular weight excluding hydrogens is 376 g/mol. The Bertz CT molecular complexity index is 943. The number of fused-ring (bicyclic) bond motifs is 1. The third kappa shape index (κ3) is 4.64. The average Bonchev–Trinajstić information content (AvgIpc) is 2.68. The van der Waals surface area contributed by atoms with Crippen LogP contribution in [0.15, 0.2) is 41.3 Å². The van der Waals surface area contributed by atoms with Crippen molar-refractivity contribution in [2.45, 2.75) is 38.0 Å². The number of benzene rings is 2. The van der Waals surface area contributed by atoms with E-state index < -0.39 is 10.0 Å². The zero-order valence-corrected chi connectivity index (χ0v) is 17.3. The molecule has 2 aromatic carbocycles. The highest BCUT2D eigenvalue weighted by atomic mass is 32.2. The number of likely N-dealkylation sites (tertiary alicyclic amines) is 1. The molecule has 0 aromatic heterocycles. The van der Waals surface area contributed by atoms with Gasteiger partial charge in [0.2, 0.25) is 15.9 Å². The third-order valence-corrected chi connectivity index (χ3v) is 6.59. The zero-order chi connectivity index (χ0) is 20.1. The van der Waals surface area contributed by atoms with E-state index in [0.29, 0.717) is 23.7 Å². The van der Waals surface area contributed by atoms with Gasteiger partial charge in [-0.15, -0.1) is 0 Å². The number of carbonyl (C=O) groups excluding carboxylic acids is 1. The molecule has 1 aliphatic heterocycles. The number of amides is 1. The van der Waals surface area contributed by atoms with Crippen LogP contribution >= 0.6 is 0 Å². The van der Waals surface area contributed by atoms with Gasteiger partial charge in [0.1, 0.15) is 5.75 Å². The van der Waals surface area contributed by atoms with Gasteiger partial charge in [-0.05, 0) is 37.8 Å². The van der Waals surface area contributed by atoms with E-state index in [2.05, 4.69) is 11.6 Å². The molecule has 0 radical (unpaired) electrons. The fourth-order valence-corrected chi connectivity index (χ4v) is 4.94. The Hall–Kier alpha value is -2.12. The molecule has 28 heavy (non-hydrogen) atoms. The Balaban J connectivity index is 1.71. The van der Waals surface area contributed by atoms with Gasteiger partial charge in [-0.3, -0.25) is 4.79 Å². The van der Waals surface area contributed by atoms with Gasteiger partial charge in [0.15, 0.2) is 0 Å². The summed E-state index contributed by atoms with van der Waals surface area (Å²) < 4.78 is 33.9. The lowest BCUT2D eigenvalue weighted by molar-refractivity contribution is -0.132. The molecule has 3 rings (SSSR count). The van der Waals surface area contributed by atoms with Crippen LogP contribution in [0.25, 0.3) is 10.8 Å². The Kier molecular flexibility index (Phi) is 6.57. The number of hydrogen-bond donors (Lipinski definition) is 1. The summed E-state index contributed by atoms with van der Waals surface area (Å²) in [6, 6.07) is 10.5. The largest absolute Gasteiger partial charge is 0.493 e. The van der Waals surface area contributed by atoms with E-state index in [1.807, 2.05) is 24.0 Å². The van der Waals surface area contributed by atoms with E-state index in [1.165, 1.54) is 0 Å².